The average molecular weight is 461 g/mol. The summed E-state index contributed by atoms with van der Waals surface area (Å²) in [5.41, 5.74) is 1.67. The molecular weight excluding hydrogens is 432 g/mol. The van der Waals surface area contributed by atoms with E-state index in [1.807, 2.05) is 30.3 Å². The first-order valence-corrected chi connectivity index (χ1v) is 11.2. The lowest BCUT2D eigenvalue weighted by atomic mass is 10.1. The summed E-state index contributed by atoms with van der Waals surface area (Å²) in [5, 5.41) is 15.2. The van der Waals surface area contributed by atoms with Crippen molar-refractivity contribution in [3.8, 4) is 34.2 Å². The van der Waals surface area contributed by atoms with Gasteiger partial charge in [-0.15, -0.1) is 0 Å². The summed E-state index contributed by atoms with van der Waals surface area (Å²) >= 11 is 0. The second-order valence-electron chi connectivity index (χ2n) is 7.89. The molecular formula is C26H28N4O4. The van der Waals surface area contributed by atoms with Gasteiger partial charge in [0, 0.05) is 18.2 Å². The highest BCUT2D eigenvalue weighted by molar-refractivity contribution is 5.68. The molecule has 2 aromatic heterocycles. The Bertz CT molecular complexity index is 1310. The van der Waals surface area contributed by atoms with Gasteiger partial charge in [-0.1, -0.05) is 49.7 Å². The molecule has 176 valence electrons. The molecule has 0 radical (unpaired) electrons. The normalized spacial score (nSPS) is 10.9. The van der Waals surface area contributed by atoms with Crippen molar-refractivity contribution in [2.45, 2.75) is 32.7 Å². The summed E-state index contributed by atoms with van der Waals surface area (Å²) in [4.78, 5) is 18.3. The monoisotopic (exact) mass is 460 g/mol. The van der Waals surface area contributed by atoms with Crippen LogP contribution in [0.1, 0.15) is 31.2 Å². The predicted octanol–water partition coefficient (Wildman–Crippen LogP) is 4.21. The second-order valence-corrected chi connectivity index (χ2v) is 7.89. The fraction of sp³-hybridized carbons (Fsp3) is 0.269. The number of ether oxygens (including phenoxy) is 2. The van der Waals surface area contributed by atoms with E-state index in [4.69, 9.17) is 9.47 Å². The maximum atomic E-state index is 13.9. The van der Waals surface area contributed by atoms with E-state index in [2.05, 4.69) is 17.0 Å². The number of aromatic hydroxyl groups is 1. The molecule has 0 aliphatic carbocycles. The van der Waals surface area contributed by atoms with E-state index in [0.717, 1.165) is 18.4 Å². The second kappa shape index (κ2) is 10.2. The predicted molar refractivity (Wildman–Crippen MR) is 130 cm³/mol. The van der Waals surface area contributed by atoms with Crippen molar-refractivity contribution >= 4 is 0 Å². The zero-order valence-electron chi connectivity index (χ0n) is 19.6. The van der Waals surface area contributed by atoms with Crippen molar-refractivity contribution in [3.05, 3.63) is 82.7 Å². The van der Waals surface area contributed by atoms with Crippen LogP contribution in [-0.4, -0.2) is 38.7 Å². The molecule has 1 N–H and O–H groups in total. The number of rotatable bonds is 9. The molecule has 8 heteroatoms. The lowest BCUT2D eigenvalue weighted by molar-refractivity contribution is 0.388. The largest absolute Gasteiger partial charge is 0.494 e. The third-order valence-electron chi connectivity index (χ3n) is 5.62. The quantitative estimate of drug-likeness (QED) is 0.402. The molecule has 2 aromatic carbocycles. The first-order chi connectivity index (χ1) is 16.6. The number of para-hydroxylation sites is 1. The molecule has 34 heavy (non-hydrogen) atoms. The number of methoxy groups -OCH3 is 2. The Labute approximate surface area is 198 Å². The number of hydrogen-bond donors (Lipinski definition) is 1. The minimum absolute atomic E-state index is 0.0764. The number of hydrogen-bond acceptors (Lipinski definition) is 6. The SMILES string of the molecule is CCCCc1nc(O)c(-c2cnn(Cc3ccccc3)c2)c(=O)n1-c1c(OC)cccc1OC. The van der Waals surface area contributed by atoms with Crippen molar-refractivity contribution in [1.29, 1.82) is 0 Å². The molecule has 0 amide bonds. The zero-order valence-corrected chi connectivity index (χ0v) is 19.6. The summed E-state index contributed by atoms with van der Waals surface area (Å²) in [7, 11) is 3.08. The maximum absolute atomic E-state index is 13.9. The van der Waals surface area contributed by atoms with Gasteiger partial charge in [0.15, 0.2) is 0 Å². The molecule has 4 aromatic rings. The van der Waals surface area contributed by atoms with Crippen LogP contribution in [0.5, 0.6) is 17.4 Å². The molecule has 0 atom stereocenters. The lowest BCUT2D eigenvalue weighted by Gasteiger charge is -2.19. The highest BCUT2D eigenvalue weighted by Gasteiger charge is 2.24. The minimum Gasteiger partial charge on any atom is -0.494 e. The van der Waals surface area contributed by atoms with Gasteiger partial charge < -0.3 is 14.6 Å². The van der Waals surface area contributed by atoms with Gasteiger partial charge in [0.1, 0.15) is 28.6 Å². The van der Waals surface area contributed by atoms with Crippen LogP contribution in [0.15, 0.2) is 65.7 Å². The Kier molecular flexibility index (Phi) is 6.96. The van der Waals surface area contributed by atoms with Crippen LogP contribution in [0.25, 0.3) is 16.8 Å². The van der Waals surface area contributed by atoms with Crippen LogP contribution >= 0.6 is 0 Å². The van der Waals surface area contributed by atoms with Crippen molar-refractivity contribution in [2.75, 3.05) is 14.2 Å². The minimum atomic E-state index is -0.416. The number of aryl methyl sites for hydroxylation is 1. The first-order valence-electron chi connectivity index (χ1n) is 11.2. The van der Waals surface area contributed by atoms with E-state index in [0.29, 0.717) is 41.5 Å². The smallest absolute Gasteiger partial charge is 0.270 e. The van der Waals surface area contributed by atoms with E-state index in [-0.39, 0.29) is 11.4 Å². The molecule has 0 unspecified atom stereocenters. The summed E-state index contributed by atoms with van der Waals surface area (Å²) in [5.74, 6) is 1.06. The van der Waals surface area contributed by atoms with Crippen molar-refractivity contribution < 1.29 is 14.6 Å². The summed E-state index contributed by atoms with van der Waals surface area (Å²) in [6.45, 7) is 2.60. The summed E-state index contributed by atoms with van der Waals surface area (Å²) in [6, 6.07) is 15.2. The Morgan fingerprint density at radius 3 is 2.35 bits per heavy atom. The van der Waals surface area contributed by atoms with Gasteiger partial charge in [-0.2, -0.15) is 10.1 Å². The van der Waals surface area contributed by atoms with Gasteiger partial charge in [0.25, 0.3) is 5.56 Å². The standard InChI is InChI=1S/C26H28N4O4/c1-4-5-14-22-28-25(31)23(19-15-27-29(17-19)16-18-10-7-6-8-11-18)26(32)30(22)24-20(33-2)12-9-13-21(24)34-3/h6-13,15,17,31H,4-5,14,16H2,1-3H3. The number of aromatic nitrogens is 4. The third kappa shape index (κ3) is 4.52. The molecule has 2 heterocycles. The Balaban J connectivity index is 1.88. The highest BCUT2D eigenvalue weighted by atomic mass is 16.5. The van der Waals surface area contributed by atoms with Gasteiger partial charge >= 0.3 is 0 Å². The number of benzene rings is 2. The first kappa shape index (κ1) is 23.1. The summed E-state index contributed by atoms with van der Waals surface area (Å²) < 4.78 is 14.3. The maximum Gasteiger partial charge on any atom is 0.270 e. The molecule has 0 saturated carbocycles. The molecule has 0 saturated heterocycles. The van der Waals surface area contributed by atoms with Crippen LogP contribution < -0.4 is 15.0 Å². The van der Waals surface area contributed by atoms with Gasteiger partial charge in [0.2, 0.25) is 5.88 Å². The van der Waals surface area contributed by atoms with Crippen LogP contribution in [-0.2, 0) is 13.0 Å². The van der Waals surface area contributed by atoms with E-state index in [9.17, 15) is 9.90 Å². The Morgan fingerprint density at radius 1 is 1.00 bits per heavy atom. The third-order valence-corrected chi connectivity index (χ3v) is 5.62. The van der Waals surface area contributed by atoms with Crippen molar-refractivity contribution in [3.63, 3.8) is 0 Å². The van der Waals surface area contributed by atoms with Crippen molar-refractivity contribution in [1.82, 2.24) is 19.3 Å². The fourth-order valence-electron chi connectivity index (χ4n) is 3.94. The van der Waals surface area contributed by atoms with Gasteiger partial charge in [-0.25, -0.2) is 0 Å². The average Bonchev–Trinajstić information content (AvgIpc) is 3.30. The van der Waals surface area contributed by atoms with E-state index < -0.39 is 5.56 Å². The van der Waals surface area contributed by atoms with E-state index in [1.54, 1.807) is 35.3 Å². The highest BCUT2D eigenvalue weighted by Crippen LogP contribution is 2.34. The van der Waals surface area contributed by atoms with Gasteiger partial charge in [-0.3, -0.25) is 14.0 Å². The molecule has 0 aliphatic rings. The van der Waals surface area contributed by atoms with Gasteiger partial charge in [0.05, 0.1) is 27.0 Å². The van der Waals surface area contributed by atoms with E-state index in [1.165, 1.54) is 18.8 Å². The van der Waals surface area contributed by atoms with Gasteiger partial charge in [-0.05, 0) is 24.1 Å². The molecule has 0 fully saturated rings. The topological polar surface area (TPSA) is 91.4 Å². The molecule has 4 rings (SSSR count). The fourth-order valence-corrected chi connectivity index (χ4v) is 3.94. The van der Waals surface area contributed by atoms with Crippen LogP contribution in [0.2, 0.25) is 0 Å². The van der Waals surface area contributed by atoms with Crippen LogP contribution in [0.4, 0.5) is 0 Å². The van der Waals surface area contributed by atoms with Crippen molar-refractivity contribution in [2.24, 2.45) is 0 Å². The molecule has 0 spiro atoms. The van der Waals surface area contributed by atoms with Crippen LogP contribution in [0.3, 0.4) is 0 Å². The molecule has 0 aliphatic heterocycles. The molecule has 0 bridgehead atoms. The zero-order chi connectivity index (χ0) is 24.1. The molecule has 8 nitrogen and oxygen atoms in total. The van der Waals surface area contributed by atoms with Crippen LogP contribution in [0, 0.1) is 0 Å². The lowest BCUT2D eigenvalue weighted by Crippen LogP contribution is -2.26. The van der Waals surface area contributed by atoms with E-state index >= 15 is 0 Å². The number of nitrogens with zero attached hydrogens (tertiary/aromatic N) is 4. The Hall–Kier alpha value is -4.07. The summed E-state index contributed by atoms with van der Waals surface area (Å²) in [6.07, 6.45) is 5.52. The number of unbranched alkanes of at least 4 members (excludes halogenated alkanes) is 1. The Morgan fingerprint density at radius 2 is 1.71 bits per heavy atom.